The average molecular weight is 322 g/mol. The Hall–Kier alpha value is -1.73. The second kappa shape index (κ2) is 5.17. The van der Waals surface area contributed by atoms with Crippen molar-refractivity contribution in [2.24, 2.45) is 11.8 Å². The number of amides is 2. The van der Waals surface area contributed by atoms with Crippen molar-refractivity contribution < 1.29 is 19.1 Å². The fourth-order valence-corrected chi connectivity index (χ4v) is 4.45. The van der Waals surface area contributed by atoms with Crippen LogP contribution in [0.2, 0.25) is 0 Å². The number of nitrogens with one attached hydrogen (secondary N) is 1. The van der Waals surface area contributed by atoms with Gasteiger partial charge in [0.2, 0.25) is 11.8 Å². The van der Waals surface area contributed by atoms with Crippen LogP contribution in [-0.4, -0.2) is 41.9 Å². The summed E-state index contributed by atoms with van der Waals surface area (Å²) < 4.78 is 4.88. The summed E-state index contributed by atoms with van der Waals surface area (Å²) in [6, 6.07) is 3.46. The van der Waals surface area contributed by atoms with E-state index in [4.69, 9.17) is 4.74 Å². The Morgan fingerprint density at radius 1 is 1.45 bits per heavy atom. The van der Waals surface area contributed by atoms with Crippen molar-refractivity contribution in [3.8, 4) is 0 Å². The molecule has 0 unspecified atom stereocenters. The number of carbonyl (C=O) groups is 3. The predicted octanol–water partition coefficient (Wildman–Crippen LogP) is 0.945. The number of nitrogens with zero attached hydrogens (tertiary/aromatic N) is 1. The Bertz CT molecular complexity index is 629. The molecule has 0 aromatic carbocycles. The van der Waals surface area contributed by atoms with Crippen LogP contribution in [0.1, 0.15) is 24.8 Å². The summed E-state index contributed by atoms with van der Waals surface area (Å²) in [6.45, 7) is 3.73. The number of hydrogen-bond acceptors (Lipinski definition) is 6. The molecule has 0 spiro atoms. The second-order valence-corrected chi connectivity index (χ2v) is 6.73. The molecule has 3 rings (SSSR count). The molecule has 0 radical (unpaired) electrons. The first kappa shape index (κ1) is 15.2. The molecule has 2 saturated heterocycles. The smallest absolute Gasteiger partial charge is 0.326 e. The minimum Gasteiger partial charge on any atom is -0.468 e. The lowest BCUT2D eigenvalue weighted by Gasteiger charge is -2.28. The number of carbonyl (C=O) groups excluding carboxylic acids is 3. The zero-order valence-corrected chi connectivity index (χ0v) is 13.5. The van der Waals surface area contributed by atoms with E-state index in [9.17, 15) is 14.4 Å². The Morgan fingerprint density at radius 2 is 2.18 bits per heavy atom. The van der Waals surface area contributed by atoms with Crippen molar-refractivity contribution in [2.45, 2.75) is 25.4 Å². The SMILES string of the molecule is CCN1C(=O)[C@H]2[C@@H](C1=O)[C@@](C)(C(=O)OC)N[C@H]2c1cccs1. The maximum atomic E-state index is 12.7. The molecule has 2 aliphatic rings. The topological polar surface area (TPSA) is 75.7 Å². The second-order valence-electron chi connectivity index (χ2n) is 5.76. The number of methoxy groups -OCH3 is 1. The molecular weight excluding hydrogens is 304 g/mol. The predicted molar refractivity (Wildman–Crippen MR) is 80.0 cm³/mol. The van der Waals surface area contributed by atoms with E-state index in [1.165, 1.54) is 23.3 Å². The minimum absolute atomic E-state index is 0.212. The normalized spacial score (nSPS) is 34.1. The van der Waals surface area contributed by atoms with Gasteiger partial charge in [0.1, 0.15) is 5.54 Å². The van der Waals surface area contributed by atoms with Gasteiger partial charge in [-0.25, -0.2) is 0 Å². The number of esters is 1. The lowest BCUT2D eigenvalue weighted by Crippen LogP contribution is -2.53. The van der Waals surface area contributed by atoms with Crippen molar-refractivity contribution in [3.05, 3.63) is 22.4 Å². The Kier molecular flexibility index (Phi) is 3.57. The minimum atomic E-state index is -1.19. The van der Waals surface area contributed by atoms with E-state index in [0.29, 0.717) is 6.54 Å². The van der Waals surface area contributed by atoms with Crippen LogP contribution in [0.15, 0.2) is 17.5 Å². The largest absolute Gasteiger partial charge is 0.468 e. The van der Waals surface area contributed by atoms with Crippen LogP contribution in [0.4, 0.5) is 0 Å². The highest BCUT2D eigenvalue weighted by molar-refractivity contribution is 7.10. The highest BCUT2D eigenvalue weighted by atomic mass is 32.1. The zero-order valence-electron chi connectivity index (χ0n) is 12.7. The van der Waals surface area contributed by atoms with Gasteiger partial charge in [-0.2, -0.15) is 0 Å². The summed E-state index contributed by atoms with van der Waals surface area (Å²) in [5.41, 5.74) is -1.19. The third-order valence-electron chi connectivity index (χ3n) is 4.65. The van der Waals surface area contributed by atoms with E-state index >= 15 is 0 Å². The molecule has 118 valence electrons. The van der Waals surface area contributed by atoms with Gasteiger partial charge in [0.25, 0.3) is 0 Å². The average Bonchev–Trinajstić information content (AvgIpc) is 3.17. The van der Waals surface area contributed by atoms with Gasteiger partial charge in [-0.1, -0.05) is 6.07 Å². The zero-order chi connectivity index (χ0) is 16.1. The summed E-state index contributed by atoms with van der Waals surface area (Å²) in [5.74, 6) is -2.30. The molecule has 0 aliphatic carbocycles. The summed E-state index contributed by atoms with van der Waals surface area (Å²) in [4.78, 5) is 39.8. The van der Waals surface area contributed by atoms with Crippen LogP contribution in [0.5, 0.6) is 0 Å². The molecule has 1 aromatic heterocycles. The van der Waals surface area contributed by atoms with E-state index < -0.39 is 23.3 Å². The molecule has 0 saturated carbocycles. The van der Waals surface area contributed by atoms with Crippen LogP contribution < -0.4 is 5.32 Å². The molecular formula is C15H18N2O4S. The molecule has 1 N–H and O–H groups in total. The van der Waals surface area contributed by atoms with E-state index in [2.05, 4.69) is 5.32 Å². The van der Waals surface area contributed by atoms with E-state index in [1.54, 1.807) is 13.8 Å². The summed E-state index contributed by atoms with van der Waals surface area (Å²) in [5, 5.41) is 5.11. The van der Waals surface area contributed by atoms with Crippen LogP contribution in [0.3, 0.4) is 0 Å². The van der Waals surface area contributed by atoms with Crippen LogP contribution >= 0.6 is 11.3 Å². The van der Waals surface area contributed by atoms with Gasteiger partial charge in [-0.05, 0) is 25.3 Å². The van der Waals surface area contributed by atoms with Gasteiger partial charge in [0.15, 0.2) is 0 Å². The van der Waals surface area contributed by atoms with Gasteiger partial charge < -0.3 is 4.74 Å². The lowest BCUT2D eigenvalue weighted by atomic mass is 9.81. The third kappa shape index (κ3) is 1.85. The van der Waals surface area contributed by atoms with Crippen molar-refractivity contribution in [3.63, 3.8) is 0 Å². The summed E-state index contributed by atoms with van der Waals surface area (Å²) in [7, 11) is 1.29. The first-order chi connectivity index (χ1) is 10.5. The number of rotatable bonds is 3. The number of likely N-dealkylation sites (tertiary alicyclic amines) is 1. The molecule has 0 bridgehead atoms. The van der Waals surface area contributed by atoms with Crippen LogP contribution in [-0.2, 0) is 19.1 Å². The monoisotopic (exact) mass is 322 g/mol. The molecule has 2 amide bonds. The highest BCUT2D eigenvalue weighted by Gasteiger charge is 2.66. The molecule has 2 fully saturated rings. The molecule has 1 aromatic rings. The fourth-order valence-electron chi connectivity index (χ4n) is 3.62. The van der Waals surface area contributed by atoms with E-state index in [-0.39, 0.29) is 17.9 Å². The number of fused-ring (bicyclic) bond motifs is 1. The molecule has 22 heavy (non-hydrogen) atoms. The molecule has 7 heteroatoms. The third-order valence-corrected chi connectivity index (χ3v) is 5.61. The van der Waals surface area contributed by atoms with E-state index in [0.717, 1.165) is 4.88 Å². The Balaban J connectivity index is 2.09. The van der Waals surface area contributed by atoms with Gasteiger partial charge >= 0.3 is 5.97 Å². The standard InChI is InChI=1S/C15H18N2O4S/c1-4-17-12(18)9-10(13(17)19)15(2,14(20)21-3)16-11(9)8-6-5-7-22-8/h5-7,9-11,16H,4H2,1-3H3/t9-,10-,11-,15-/m0/s1. The molecule has 6 nitrogen and oxygen atoms in total. The first-order valence-electron chi connectivity index (χ1n) is 7.20. The number of thiophene rings is 1. The Morgan fingerprint density at radius 3 is 2.73 bits per heavy atom. The maximum absolute atomic E-state index is 12.7. The van der Waals surface area contributed by atoms with Crippen LogP contribution in [0, 0.1) is 11.8 Å². The fraction of sp³-hybridized carbons (Fsp3) is 0.533. The molecule has 4 atom stereocenters. The van der Waals surface area contributed by atoms with Crippen molar-refractivity contribution >= 4 is 29.1 Å². The highest BCUT2D eigenvalue weighted by Crippen LogP contribution is 2.49. The summed E-state index contributed by atoms with van der Waals surface area (Å²) >= 11 is 1.50. The van der Waals surface area contributed by atoms with Crippen molar-refractivity contribution in [2.75, 3.05) is 13.7 Å². The maximum Gasteiger partial charge on any atom is 0.326 e. The number of hydrogen-bond donors (Lipinski definition) is 1. The summed E-state index contributed by atoms with van der Waals surface area (Å²) in [6.07, 6.45) is 0. The van der Waals surface area contributed by atoms with E-state index in [1.807, 2.05) is 17.5 Å². The van der Waals surface area contributed by atoms with Crippen LogP contribution in [0.25, 0.3) is 0 Å². The van der Waals surface area contributed by atoms with Crippen molar-refractivity contribution in [1.82, 2.24) is 10.2 Å². The van der Waals surface area contributed by atoms with Gasteiger partial charge in [-0.3, -0.25) is 24.6 Å². The first-order valence-corrected chi connectivity index (χ1v) is 8.08. The lowest BCUT2D eigenvalue weighted by molar-refractivity contribution is -0.153. The number of ether oxygens (including phenoxy) is 1. The number of imide groups is 1. The molecule has 2 aliphatic heterocycles. The molecule has 3 heterocycles. The van der Waals surface area contributed by atoms with Gasteiger partial charge in [0.05, 0.1) is 25.0 Å². The van der Waals surface area contributed by atoms with Crippen molar-refractivity contribution in [1.29, 1.82) is 0 Å². The Labute approximate surface area is 132 Å². The van der Waals surface area contributed by atoms with Gasteiger partial charge in [0, 0.05) is 11.4 Å². The quantitative estimate of drug-likeness (QED) is 0.662. The van der Waals surface area contributed by atoms with Gasteiger partial charge in [-0.15, -0.1) is 11.3 Å².